The molecule has 2 aromatic heterocycles. The van der Waals surface area contributed by atoms with E-state index < -0.39 is 0 Å². The maximum absolute atomic E-state index is 12.5. The smallest absolute Gasteiger partial charge is 0.255 e. The Hall–Kier alpha value is -3.47. The highest BCUT2D eigenvalue weighted by Crippen LogP contribution is 2.23. The van der Waals surface area contributed by atoms with Crippen molar-refractivity contribution in [3.63, 3.8) is 0 Å². The maximum Gasteiger partial charge on any atom is 0.255 e. The number of nitrogens with zero attached hydrogens (tertiary/aromatic N) is 3. The minimum absolute atomic E-state index is 0.0664. The molecule has 4 rings (SSSR count). The third-order valence-electron chi connectivity index (χ3n) is 4.92. The molecule has 0 aliphatic heterocycles. The Balaban J connectivity index is 1.49. The van der Waals surface area contributed by atoms with E-state index in [1.54, 1.807) is 0 Å². The van der Waals surface area contributed by atoms with Crippen LogP contribution in [0.25, 0.3) is 17.0 Å². The first-order valence-corrected chi connectivity index (χ1v) is 9.64. The molecule has 1 amide bonds. The van der Waals surface area contributed by atoms with Gasteiger partial charge in [-0.15, -0.1) is 0 Å². The molecular weight excluding hydrogens is 360 g/mol. The van der Waals surface area contributed by atoms with Crippen LogP contribution in [0, 0.1) is 6.92 Å². The highest BCUT2D eigenvalue weighted by Gasteiger charge is 2.14. The van der Waals surface area contributed by atoms with Gasteiger partial charge in [0.25, 0.3) is 5.91 Å². The van der Waals surface area contributed by atoms with Crippen molar-refractivity contribution >= 4 is 17.4 Å². The Bertz CT molecular complexity index is 1170. The zero-order chi connectivity index (χ0) is 20.6. The van der Waals surface area contributed by atoms with Crippen LogP contribution in [0.3, 0.4) is 0 Å². The molecule has 0 fully saturated rings. The van der Waals surface area contributed by atoms with Crippen LogP contribution < -0.4 is 5.32 Å². The molecule has 2 heterocycles. The average Bonchev–Trinajstić information content (AvgIpc) is 3.11. The number of carbonyl (C=O) groups excluding carboxylic acids is 1. The SMILES string of the molecule is Cc1ccn2cc(-c3ccc(NC(=O)c4ccc(C(C)(C)C)cc4)cc3)nc2n1. The number of benzene rings is 2. The number of aromatic nitrogens is 3. The largest absolute Gasteiger partial charge is 0.322 e. The Labute approximate surface area is 170 Å². The van der Waals surface area contributed by atoms with Crippen molar-refractivity contribution in [2.45, 2.75) is 33.1 Å². The van der Waals surface area contributed by atoms with E-state index >= 15 is 0 Å². The van der Waals surface area contributed by atoms with E-state index in [-0.39, 0.29) is 11.3 Å². The topological polar surface area (TPSA) is 59.3 Å². The summed E-state index contributed by atoms with van der Waals surface area (Å²) in [5.74, 6) is 0.557. The fourth-order valence-electron chi connectivity index (χ4n) is 3.15. The summed E-state index contributed by atoms with van der Waals surface area (Å²) in [6, 6.07) is 17.4. The number of fused-ring (bicyclic) bond motifs is 1. The molecule has 1 N–H and O–H groups in total. The predicted molar refractivity (Wildman–Crippen MR) is 116 cm³/mol. The van der Waals surface area contributed by atoms with E-state index in [1.807, 2.05) is 78.3 Å². The summed E-state index contributed by atoms with van der Waals surface area (Å²) in [6.45, 7) is 8.42. The minimum Gasteiger partial charge on any atom is -0.322 e. The lowest BCUT2D eigenvalue weighted by molar-refractivity contribution is 0.102. The number of amides is 1. The number of anilines is 1. The molecule has 0 radical (unpaired) electrons. The fraction of sp³-hybridized carbons (Fsp3) is 0.208. The van der Waals surface area contributed by atoms with Crippen LogP contribution in [0.2, 0.25) is 0 Å². The molecular formula is C24H24N4O. The van der Waals surface area contributed by atoms with Crippen LogP contribution in [0.4, 0.5) is 5.69 Å². The van der Waals surface area contributed by atoms with Gasteiger partial charge in [0.15, 0.2) is 0 Å². The van der Waals surface area contributed by atoms with Crippen molar-refractivity contribution in [3.8, 4) is 11.3 Å². The number of rotatable bonds is 3. The Morgan fingerprint density at radius 3 is 2.28 bits per heavy atom. The first-order valence-electron chi connectivity index (χ1n) is 9.64. The standard InChI is InChI=1S/C24H24N4O/c1-16-13-14-28-15-21(27-23(28)25-16)17-7-11-20(12-8-17)26-22(29)18-5-9-19(10-6-18)24(2,3)4/h5-15H,1-4H3,(H,26,29). The van der Waals surface area contributed by atoms with Crippen LogP contribution in [0.15, 0.2) is 67.0 Å². The molecule has 4 aromatic rings. The zero-order valence-electron chi connectivity index (χ0n) is 17.1. The summed E-state index contributed by atoms with van der Waals surface area (Å²) in [5, 5.41) is 2.95. The van der Waals surface area contributed by atoms with Gasteiger partial charge in [-0.05, 0) is 48.2 Å². The Morgan fingerprint density at radius 1 is 0.931 bits per heavy atom. The molecule has 0 unspecified atom stereocenters. The van der Waals surface area contributed by atoms with Crippen molar-refractivity contribution < 1.29 is 4.79 Å². The first-order chi connectivity index (χ1) is 13.8. The average molecular weight is 384 g/mol. The Morgan fingerprint density at radius 2 is 1.62 bits per heavy atom. The number of carbonyl (C=O) groups is 1. The van der Waals surface area contributed by atoms with Crippen LogP contribution in [-0.2, 0) is 5.41 Å². The van der Waals surface area contributed by atoms with Gasteiger partial charge in [-0.2, -0.15) is 0 Å². The first kappa shape index (κ1) is 18.9. The van der Waals surface area contributed by atoms with Gasteiger partial charge in [0.1, 0.15) is 0 Å². The predicted octanol–water partition coefficient (Wildman–Crippen LogP) is 5.25. The van der Waals surface area contributed by atoms with Gasteiger partial charge in [-0.1, -0.05) is 45.0 Å². The number of aryl methyl sites for hydroxylation is 1. The summed E-state index contributed by atoms with van der Waals surface area (Å²) in [4.78, 5) is 21.5. The van der Waals surface area contributed by atoms with Crippen LogP contribution in [-0.4, -0.2) is 20.3 Å². The summed E-state index contributed by atoms with van der Waals surface area (Å²) in [5.41, 5.74) is 5.41. The molecule has 0 spiro atoms. The van der Waals surface area contributed by atoms with E-state index in [9.17, 15) is 4.79 Å². The highest BCUT2D eigenvalue weighted by molar-refractivity contribution is 6.04. The number of hydrogen-bond acceptors (Lipinski definition) is 3. The van der Waals surface area contributed by atoms with Crippen molar-refractivity contribution in [1.29, 1.82) is 0 Å². The third kappa shape index (κ3) is 4.04. The lowest BCUT2D eigenvalue weighted by Gasteiger charge is -2.19. The third-order valence-corrected chi connectivity index (χ3v) is 4.92. The second-order valence-electron chi connectivity index (χ2n) is 8.26. The van der Waals surface area contributed by atoms with Gasteiger partial charge in [-0.3, -0.25) is 9.20 Å². The molecule has 0 saturated carbocycles. The second kappa shape index (κ2) is 7.17. The number of hydrogen-bond donors (Lipinski definition) is 1. The van der Waals surface area contributed by atoms with Crippen molar-refractivity contribution in [3.05, 3.63) is 83.8 Å². The van der Waals surface area contributed by atoms with Crippen LogP contribution in [0.5, 0.6) is 0 Å². The lowest BCUT2D eigenvalue weighted by Crippen LogP contribution is -2.14. The molecule has 29 heavy (non-hydrogen) atoms. The highest BCUT2D eigenvalue weighted by atomic mass is 16.1. The van der Waals surface area contributed by atoms with Gasteiger partial charge in [0.2, 0.25) is 5.78 Å². The zero-order valence-corrected chi connectivity index (χ0v) is 17.1. The summed E-state index contributed by atoms with van der Waals surface area (Å²) in [7, 11) is 0. The van der Waals surface area contributed by atoms with Crippen LogP contribution >= 0.6 is 0 Å². The molecule has 2 aromatic carbocycles. The van der Waals surface area contributed by atoms with Gasteiger partial charge < -0.3 is 5.32 Å². The van der Waals surface area contributed by atoms with Gasteiger partial charge >= 0.3 is 0 Å². The van der Waals surface area contributed by atoms with Crippen molar-refractivity contribution in [2.24, 2.45) is 0 Å². The maximum atomic E-state index is 12.5. The molecule has 0 saturated heterocycles. The van der Waals surface area contributed by atoms with E-state index in [0.29, 0.717) is 11.3 Å². The monoisotopic (exact) mass is 384 g/mol. The van der Waals surface area contributed by atoms with Crippen molar-refractivity contribution in [2.75, 3.05) is 5.32 Å². The van der Waals surface area contributed by atoms with Crippen LogP contribution in [0.1, 0.15) is 42.4 Å². The van der Waals surface area contributed by atoms with Crippen molar-refractivity contribution in [1.82, 2.24) is 14.4 Å². The quantitative estimate of drug-likeness (QED) is 0.524. The van der Waals surface area contributed by atoms with Gasteiger partial charge in [0.05, 0.1) is 5.69 Å². The molecule has 146 valence electrons. The number of imidazole rings is 1. The van der Waals surface area contributed by atoms with Gasteiger partial charge in [0, 0.05) is 34.9 Å². The molecule has 0 atom stereocenters. The van der Waals surface area contributed by atoms with E-state index in [2.05, 4.69) is 36.1 Å². The minimum atomic E-state index is -0.120. The van der Waals surface area contributed by atoms with Gasteiger partial charge in [-0.25, -0.2) is 9.97 Å². The Kier molecular flexibility index (Phi) is 4.66. The summed E-state index contributed by atoms with van der Waals surface area (Å²) < 4.78 is 1.90. The summed E-state index contributed by atoms with van der Waals surface area (Å²) >= 11 is 0. The van der Waals surface area contributed by atoms with E-state index in [1.165, 1.54) is 5.56 Å². The van der Waals surface area contributed by atoms with E-state index in [0.717, 1.165) is 22.6 Å². The number of nitrogens with one attached hydrogen (secondary N) is 1. The molecule has 0 aliphatic rings. The normalized spacial score (nSPS) is 11.6. The molecule has 0 aliphatic carbocycles. The molecule has 5 nitrogen and oxygen atoms in total. The molecule has 0 bridgehead atoms. The fourth-order valence-corrected chi connectivity index (χ4v) is 3.15. The second-order valence-corrected chi connectivity index (χ2v) is 8.26. The molecule has 5 heteroatoms. The lowest BCUT2D eigenvalue weighted by atomic mass is 9.87. The summed E-state index contributed by atoms with van der Waals surface area (Å²) in [6.07, 6.45) is 3.90. The van der Waals surface area contributed by atoms with E-state index in [4.69, 9.17) is 0 Å².